The first kappa shape index (κ1) is 14.0. The number of likely N-dealkylation sites (tertiary alicyclic amines) is 1. The van der Waals surface area contributed by atoms with Crippen LogP contribution in [0.1, 0.15) is 31.7 Å². The lowest BCUT2D eigenvalue weighted by molar-refractivity contribution is -0.118. The lowest BCUT2D eigenvalue weighted by Crippen LogP contribution is -2.42. The van der Waals surface area contributed by atoms with Gasteiger partial charge in [0.1, 0.15) is 5.82 Å². The first-order valence-corrected chi connectivity index (χ1v) is 6.86. The molecule has 0 saturated carbocycles. The van der Waals surface area contributed by atoms with E-state index in [1.54, 1.807) is 12.1 Å². The van der Waals surface area contributed by atoms with Crippen LogP contribution in [0.2, 0.25) is 0 Å². The Kier molecular flexibility index (Phi) is 4.53. The van der Waals surface area contributed by atoms with E-state index < -0.39 is 0 Å². The third-order valence-corrected chi connectivity index (χ3v) is 3.69. The molecule has 1 aliphatic rings. The quantitative estimate of drug-likeness (QED) is 0.910. The molecule has 19 heavy (non-hydrogen) atoms. The number of rotatable bonds is 3. The average molecular weight is 264 g/mol. The Labute approximate surface area is 113 Å². The number of halogens is 1. The topological polar surface area (TPSA) is 32.3 Å². The van der Waals surface area contributed by atoms with Crippen LogP contribution in [0.4, 0.5) is 10.1 Å². The smallest absolute Gasteiger partial charge is 0.238 e. The Morgan fingerprint density at radius 2 is 2.26 bits per heavy atom. The number of piperidine rings is 1. The number of hydrogen-bond donors (Lipinski definition) is 1. The fourth-order valence-electron chi connectivity index (χ4n) is 2.49. The van der Waals surface area contributed by atoms with Gasteiger partial charge in [-0.2, -0.15) is 0 Å². The van der Waals surface area contributed by atoms with Gasteiger partial charge in [0.15, 0.2) is 0 Å². The van der Waals surface area contributed by atoms with Crippen molar-refractivity contribution in [3.63, 3.8) is 0 Å². The van der Waals surface area contributed by atoms with E-state index in [4.69, 9.17) is 0 Å². The number of nitrogens with zero attached hydrogens (tertiary/aromatic N) is 1. The molecule has 2 rings (SSSR count). The number of amides is 1. The summed E-state index contributed by atoms with van der Waals surface area (Å²) in [6.45, 7) is 5.25. The first-order chi connectivity index (χ1) is 9.06. The summed E-state index contributed by atoms with van der Waals surface area (Å²) in [6.07, 6.45) is 3.49. The average Bonchev–Trinajstić information content (AvgIpc) is 2.36. The van der Waals surface area contributed by atoms with Crippen molar-refractivity contribution >= 4 is 11.6 Å². The van der Waals surface area contributed by atoms with E-state index in [0.29, 0.717) is 12.6 Å². The van der Waals surface area contributed by atoms with Crippen molar-refractivity contribution in [2.45, 2.75) is 39.2 Å². The maximum Gasteiger partial charge on any atom is 0.238 e. The van der Waals surface area contributed by atoms with Crippen LogP contribution >= 0.6 is 0 Å². The molecule has 1 aromatic rings. The van der Waals surface area contributed by atoms with Crippen molar-refractivity contribution in [2.75, 3.05) is 18.4 Å². The summed E-state index contributed by atoms with van der Waals surface area (Å²) in [6, 6.07) is 5.27. The molecule has 104 valence electrons. The van der Waals surface area contributed by atoms with Crippen LogP contribution in [0, 0.1) is 12.7 Å². The van der Waals surface area contributed by atoms with Crippen LogP contribution in [0.5, 0.6) is 0 Å². The molecule has 1 saturated heterocycles. The zero-order chi connectivity index (χ0) is 13.8. The minimum absolute atomic E-state index is 0.142. The molecule has 1 atom stereocenters. The highest BCUT2D eigenvalue weighted by molar-refractivity contribution is 5.92. The van der Waals surface area contributed by atoms with Crippen molar-refractivity contribution in [1.82, 2.24) is 4.90 Å². The molecule has 1 aromatic carbocycles. The van der Waals surface area contributed by atoms with Gasteiger partial charge in [-0.1, -0.05) is 12.5 Å². The molecule has 1 amide bonds. The second-order valence-electron chi connectivity index (χ2n) is 5.35. The maximum atomic E-state index is 13.6. The van der Waals surface area contributed by atoms with Gasteiger partial charge in [-0.25, -0.2) is 4.39 Å². The third kappa shape index (κ3) is 3.77. The molecular weight excluding hydrogens is 243 g/mol. The predicted octanol–water partition coefficient (Wildman–Crippen LogP) is 2.95. The largest absolute Gasteiger partial charge is 0.322 e. The van der Waals surface area contributed by atoms with Crippen LogP contribution in [0.3, 0.4) is 0 Å². The molecule has 1 aliphatic heterocycles. The second kappa shape index (κ2) is 6.15. The van der Waals surface area contributed by atoms with Gasteiger partial charge in [0, 0.05) is 6.04 Å². The summed E-state index contributed by atoms with van der Waals surface area (Å²) in [4.78, 5) is 14.1. The van der Waals surface area contributed by atoms with Gasteiger partial charge in [0.2, 0.25) is 5.91 Å². The molecule has 0 aliphatic carbocycles. The number of hydrogen-bond acceptors (Lipinski definition) is 2. The summed E-state index contributed by atoms with van der Waals surface area (Å²) in [5.41, 5.74) is 1.11. The molecule has 1 fully saturated rings. The number of benzene rings is 1. The van der Waals surface area contributed by atoms with Crippen LogP contribution in [0.25, 0.3) is 0 Å². The number of anilines is 1. The first-order valence-electron chi connectivity index (χ1n) is 6.86. The van der Waals surface area contributed by atoms with Crippen molar-refractivity contribution in [1.29, 1.82) is 0 Å². The summed E-state index contributed by atoms with van der Waals surface area (Å²) in [5, 5.41) is 2.65. The molecule has 0 aromatic heterocycles. The molecule has 0 spiro atoms. The molecule has 1 heterocycles. The van der Waals surface area contributed by atoms with E-state index in [2.05, 4.69) is 17.1 Å². The van der Waals surface area contributed by atoms with Crippen LogP contribution in [0.15, 0.2) is 18.2 Å². The molecule has 4 heteroatoms. The van der Waals surface area contributed by atoms with Crippen LogP contribution in [-0.2, 0) is 4.79 Å². The lowest BCUT2D eigenvalue weighted by Gasteiger charge is -2.32. The Morgan fingerprint density at radius 3 is 2.95 bits per heavy atom. The van der Waals surface area contributed by atoms with Crippen LogP contribution < -0.4 is 5.32 Å². The van der Waals surface area contributed by atoms with Crippen molar-refractivity contribution in [3.8, 4) is 0 Å². The van der Waals surface area contributed by atoms with E-state index in [0.717, 1.165) is 24.9 Å². The Hall–Kier alpha value is -1.42. The van der Waals surface area contributed by atoms with Crippen LogP contribution in [-0.4, -0.2) is 29.9 Å². The minimum Gasteiger partial charge on any atom is -0.322 e. The third-order valence-electron chi connectivity index (χ3n) is 3.69. The summed E-state index contributed by atoms with van der Waals surface area (Å²) >= 11 is 0. The van der Waals surface area contributed by atoms with Crippen molar-refractivity contribution < 1.29 is 9.18 Å². The molecule has 1 unspecified atom stereocenters. The van der Waals surface area contributed by atoms with Gasteiger partial charge >= 0.3 is 0 Å². The second-order valence-corrected chi connectivity index (χ2v) is 5.35. The molecule has 0 radical (unpaired) electrons. The monoisotopic (exact) mass is 264 g/mol. The fraction of sp³-hybridized carbons (Fsp3) is 0.533. The number of carbonyl (C=O) groups excluding carboxylic acids is 1. The summed E-state index contributed by atoms with van der Waals surface area (Å²) < 4.78 is 13.6. The summed E-state index contributed by atoms with van der Waals surface area (Å²) in [5.74, 6) is -0.517. The molecular formula is C15H21FN2O. The van der Waals surface area contributed by atoms with Gasteiger partial charge in [0.25, 0.3) is 0 Å². The highest BCUT2D eigenvalue weighted by atomic mass is 19.1. The van der Waals surface area contributed by atoms with Gasteiger partial charge in [0.05, 0.1) is 12.2 Å². The predicted molar refractivity (Wildman–Crippen MR) is 74.7 cm³/mol. The van der Waals surface area contributed by atoms with Gasteiger partial charge in [-0.05, 0) is 50.9 Å². The molecule has 3 nitrogen and oxygen atoms in total. The van der Waals surface area contributed by atoms with Gasteiger partial charge < -0.3 is 5.32 Å². The van der Waals surface area contributed by atoms with Gasteiger partial charge in [-0.15, -0.1) is 0 Å². The fourth-order valence-corrected chi connectivity index (χ4v) is 2.49. The van der Waals surface area contributed by atoms with Gasteiger partial charge in [-0.3, -0.25) is 9.69 Å². The van der Waals surface area contributed by atoms with E-state index in [1.807, 2.05) is 6.92 Å². The van der Waals surface area contributed by atoms with E-state index in [9.17, 15) is 9.18 Å². The lowest BCUT2D eigenvalue weighted by atomic mass is 10.0. The maximum absolute atomic E-state index is 13.6. The Bertz CT molecular complexity index is 461. The normalized spacial score (nSPS) is 20.3. The Balaban J connectivity index is 1.93. The SMILES string of the molecule is Cc1ccc(NC(=O)CN2CCCCC2C)c(F)c1. The van der Waals surface area contributed by atoms with E-state index >= 15 is 0 Å². The number of carbonyl (C=O) groups is 1. The molecule has 1 N–H and O–H groups in total. The van der Waals surface area contributed by atoms with Crippen molar-refractivity contribution in [3.05, 3.63) is 29.6 Å². The standard InChI is InChI=1S/C15H21FN2O/c1-11-6-7-14(13(16)9-11)17-15(19)10-18-8-4-3-5-12(18)2/h6-7,9,12H,3-5,8,10H2,1-2H3,(H,17,19). The highest BCUT2D eigenvalue weighted by Gasteiger charge is 2.20. The summed E-state index contributed by atoms with van der Waals surface area (Å²) in [7, 11) is 0. The number of nitrogens with one attached hydrogen (secondary N) is 1. The Morgan fingerprint density at radius 1 is 1.47 bits per heavy atom. The van der Waals surface area contributed by atoms with Crippen molar-refractivity contribution in [2.24, 2.45) is 0 Å². The number of aryl methyl sites for hydroxylation is 1. The van der Waals surface area contributed by atoms with E-state index in [1.165, 1.54) is 12.5 Å². The molecule has 0 bridgehead atoms. The minimum atomic E-state index is -0.375. The van der Waals surface area contributed by atoms with E-state index in [-0.39, 0.29) is 17.4 Å². The highest BCUT2D eigenvalue weighted by Crippen LogP contribution is 2.18. The zero-order valence-corrected chi connectivity index (χ0v) is 11.6. The zero-order valence-electron chi connectivity index (χ0n) is 11.6.